The highest BCUT2D eigenvalue weighted by Crippen LogP contribution is 1.97. The molecule has 0 heterocycles. The van der Waals surface area contributed by atoms with Crippen molar-refractivity contribution in [1.82, 2.24) is 0 Å². The van der Waals surface area contributed by atoms with Crippen LogP contribution in [0.25, 0.3) is 0 Å². The molecule has 0 bridgehead atoms. The number of aliphatic hydroxyl groups is 3. The summed E-state index contributed by atoms with van der Waals surface area (Å²) in [5.74, 6) is 0.225. The van der Waals surface area contributed by atoms with Gasteiger partial charge in [-0.15, -0.1) is 0 Å². The maximum absolute atomic E-state index is 9.70. The van der Waals surface area contributed by atoms with E-state index in [0.29, 0.717) is 6.29 Å². The average Bonchev–Trinajstić information content (AvgIpc) is 2.15. The highest BCUT2D eigenvalue weighted by molar-refractivity contribution is 5.55. The molecule has 0 amide bonds. The Balaban J connectivity index is 0. The second-order valence-corrected chi connectivity index (χ2v) is 3.86. The molecule has 2 unspecified atom stereocenters. The first kappa shape index (κ1) is 16.0. The van der Waals surface area contributed by atoms with Crippen LogP contribution in [0.2, 0.25) is 0 Å². The van der Waals surface area contributed by atoms with Crippen molar-refractivity contribution in [2.75, 3.05) is 6.61 Å². The summed E-state index contributed by atoms with van der Waals surface area (Å²) in [5.41, 5.74) is 0. The Bertz CT molecular complexity index is 134. The largest absolute Gasteiger partial charge is 0.394 e. The van der Waals surface area contributed by atoms with Crippen molar-refractivity contribution < 1.29 is 20.1 Å². The topological polar surface area (TPSA) is 77.8 Å². The van der Waals surface area contributed by atoms with Crippen molar-refractivity contribution in [3.63, 3.8) is 0 Å². The molecular weight excluding hydrogens is 184 g/mol. The van der Waals surface area contributed by atoms with Gasteiger partial charge in [-0.1, -0.05) is 27.7 Å². The third kappa shape index (κ3) is 9.64. The Morgan fingerprint density at radius 2 is 1.50 bits per heavy atom. The monoisotopic (exact) mass is 206 g/mol. The van der Waals surface area contributed by atoms with Gasteiger partial charge in [-0.2, -0.15) is 0 Å². The van der Waals surface area contributed by atoms with Crippen molar-refractivity contribution in [2.45, 2.75) is 39.9 Å². The molecule has 4 nitrogen and oxygen atoms in total. The molecule has 3 N–H and O–H groups in total. The fourth-order valence-corrected chi connectivity index (χ4v) is 0.368. The molecule has 0 aromatic carbocycles. The van der Waals surface area contributed by atoms with Gasteiger partial charge in [0.1, 0.15) is 12.4 Å². The minimum Gasteiger partial charge on any atom is -0.394 e. The van der Waals surface area contributed by atoms with E-state index in [1.54, 1.807) is 13.8 Å². The van der Waals surface area contributed by atoms with Crippen LogP contribution in [-0.2, 0) is 4.79 Å². The molecule has 0 saturated heterocycles. The number of aliphatic hydroxyl groups excluding tert-OH is 3. The molecule has 0 radical (unpaired) electrons. The lowest BCUT2D eigenvalue weighted by molar-refractivity contribution is -0.116. The lowest BCUT2D eigenvalue weighted by Crippen LogP contribution is -2.18. The number of carbonyl (C=O) groups excluding carboxylic acids is 1. The molecule has 0 aliphatic heterocycles. The molecule has 0 rings (SSSR count). The van der Waals surface area contributed by atoms with Gasteiger partial charge in [-0.05, 0) is 11.8 Å². The van der Waals surface area contributed by atoms with Crippen LogP contribution in [0.4, 0.5) is 0 Å². The summed E-state index contributed by atoms with van der Waals surface area (Å²) in [5, 5.41) is 25.5. The van der Waals surface area contributed by atoms with Crippen LogP contribution in [-0.4, -0.2) is 40.4 Å². The molecule has 0 spiro atoms. The normalized spacial score (nSPS) is 14.6. The fraction of sp³-hybridized carbons (Fsp3) is 0.900. The quantitative estimate of drug-likeness (QED) is 0.574. The maximum atomic E-state index is 9.70. The molecule has 0 aliphatic carbocycles. The predicted molar refractivity (Wildman–Crippen MR) is 54.8 cm³/mol. The zero-order chi connectivity index (χ0) is 11.7. The number of rotatable bonds is 4. The van der Waals surface area contributed by atoms with Crippen LogP contribution in [0.5, 0.6) is 0 Å². The Kier molecular flexibility index (Phi) is 10.4. The molecule has 0 aromatic rings. The highest BCUT2D eigenvalue weighted by atomic mass is 16.3. The van der Waals surface area contributed by atoms with Gasteiger partial charge in [-0.3, -0.25) is 0 Å². The van der Waals surface area contributed by atoms with Crippen LogP contribution in [0.3, 0.4) is 0 Å². The first-order valence-electron chi connectivity index (χ1n) is 4.79. The lowest BCUT2D eigenvalue weighted by atomic mass is 10.1. The smallest absolute Gasteiger partial charge is 0.148 e. The summed E-state index contributed by atoms with van der Waals surface area (Å²) in [7, 11) is 0. The van der Waals surface area contributed by atoms with E-state index in [4.69, 9.17) is 15.3 Å². The standard InChI is InChI=1S/C5H12O2.C5H10O2/c2*1-4(2)5(7)3-6/h4-7H,3H2,1-2H3;3-5,7H,1-2H3. The minimum absolute atomic E-state index is 0.0532. The Morgan fingerprint density at radius 1 is 1.07 bits per heavy atom. The van der Waals surface area contributed by atoms with Crippen LogP contribution < -0.4 is 0 Å². The predicted octanol–water partition coefficient (Wildman–Crippen LogP) is 0.198. The summed E-state index contributed by atoms with van der Waals surface area (Å²) in [4.78, 5) is 9.70. The van der Waals surface area contributed by atoms with Gasteiger partial charge >= 0.3 is 0 Å². The zero-order valence-electron chi connectivity index (χ0n) is 9.34. The SMILES string of the molecule is CC(C)C(O)C=O.CC(C)C(O)CO. The van der Waals surface area contributed by atoms with Crippen molar-refractivity contribution in [3.8, 4) is 0 Å². The average molecular weight is 206 g/mol. The first-order chi connectivity index (χ1) is 6.36. The van der Waals surface area contributed by atoms with Crippen LogP contribution in [0.15, 0.2) is 0 Å². The molecular formula is C10H22O4. The fourth-order valence-electron chi connectivity index (χ4n) is 0.368. The molecule has 14 heavy (non-hydrogen) atoms. The summed E-state index contributed by atoms with van der Waals surface area (Å²) >= 11 is 0. The Hall–Kier alpha value is -0.450. The molecule has 2 atom stereocenters. The number of aldehydes is 1. The van der Waals surface area contributed by atoms with Gasteiger partial charge in [0.2, 0.25) is 0 Å². The van der Waals surface area contributed by atoms with Crippen LogP contribution in [0, 0.1) is 11.8 Å². The van der Waals surface area contributed by atoms with E-state index in [2.05, 4.69) is 0 Å². The van der Waals surface area contributed by atoms with Gasteiger partial charge < -0.3 is 20.1 Å². The number of hydrogen-bond donors (Lipinski definition) is 3. The Labute approximate surface area is 85.6 Å². The van der Waals surface area contributed by atoms with E-state index in [-0.39, 0.29) is 18.4 Å². The van der Waals surface area contributed by atoms with Gasteiger partial charge in [-0.25, -0.2) is 0 Å². The molecule has 0 fully saturated rings. The lowest BCUT2D eigenvalue weighted by Gasteiger charge is -2.08. The second-order valence-electron chi connectivity index (χ2n) is 3.86. The van der Waals surface area contributed by atoms with Gasteiger partial charge in [0.05, 0.1) is 12.7 Å². The van der Waals surface area contributed by atoms with Gasteiger partial charge in [0, 0.05) is 0 Å². The molecule has 0 aliphatic rings. The van der Waals surface area contributed by atoms with Crippen molar-refractivity contribution in [3.05, 3.63) is 0 Å². The molecule has 0 saturated carbocycles. The molecule has 4 heteroatoms. The summed E-state index contributed by atoms with van der Waals surface area (Å²) in [6, 6.07) is 0. The molecule has 0 aromatic heterocycles. The van der Waals surface area contributed by atoms with E-state index in [1.165, 1.54) is 0 Å². The first-order valence-corrected chi connectivity index (χ1v) is 4.79. The van der Waals surface area contributed by atoms with Crippen LogP contribution in [0.1, 0.15) is 27.7 Å². The van der Waals surface area contributed by atoms with E-state index >= 15 is 0 Å². The molecule has 86 valence electrons. The van der Waals surface area contributed by atoms with E-state index in [0.717, 1.165) is 0 Å². The van der Waals surface area contributed by atoms with E-state index in [9.17, 15) is 4.79 Å². The number of hydrogen-bond acceptors (Lipinski definition) is 4. The zero-order valence-corrected chi connectivity index (χ0v) is 9.34. The van der Waals surface area contributed by atoms with Crippen molar-refractivity contribution in [2.24, 2.45) is 11.8 Å². The minimum atomic E-state index is -0.778. The highest BCUT2D eigenvalue weighted by Gasteiger charge is 2.05. The van der Waals surface area contributed by atoms with Crippen molar-refractivity contribution >= 4 is 6.29 Å². The summed E-state index contributed by atoms with van der Waals surface area (Å²) < 4.78 is 0. The second kappa shape index (κ2) is 9.12. The number of carbonyl (C=O) groups is 1. The van der Waals surface area contributed by atoms with Crippen LogP contribution >= 0.6 is 0 Å². The summed E-state index contributed by atoms with van der Waals surface area (Å²) in [6.07, 6.45) is -0.773. The third-order valence-electron chi connectivity index (χ3n) is 1.78. The van der Waals surface area contributed by atoms with Gasteiger partial charge in [0.25, 0.3) is 0 Å². The van der Waals surface area contributed by atoms with E-state index in [1.807, 2.05) is 13.8 Å². The van der Waals surface area contributed by atoms with E-state index < -0.39 is 12.2 Å². The maximum Gasteiger partial charge on any atom is 0.148 e. The third-order valence-corrected chi connectivity index (χ3v) is 1.78. The van der Waals surface area contributed by atoms with Crippen molar-refractivity contribution in [1.29, 1.82) is 0 Å². The van der Waals surface area contributed by atoms with Gasteiger partial charge in [0.15, 0.2) is 0 Å². The summed E-state index contributed by atoms with van der Waals surface area (Å²) in [6.45, 7) is 7.18. The Morgan fingerprint density at radius 3 is 1.50 bits per heavy atom.